The van der Waals surface area contributed by atoms with Gasteiger partial charge in [0.2, 0.25) is 0 Å². The van der Waals surface area contributed by atoms with E-state index in [4.69, 9.17) is 9.57 Å². The second-order valence-corrected chi connectivity index (χ2v) is 8.81. The van der Waals surface area contributed by atoms with Gasteiger partial charge in [-0.3, -0.25) is 0 Å². The molecule has 1 aliphatic carbocycles. The molecule has 0 fully saturated rings. The van der Waals surface area contributed by atoms with E-state index in [1.807, 2.05) is 20.8 Å². The van der Waals surface area contributed by atoms with E-state index in [1.165, 1.54) is 16.7 Å². The molecule has 0 bridgehead atoms. The second-order valence-electron chi connectivity index (χ2n) is 8.81. The fraction of sp³-hybridized carbons (Fsp3) is 0.423. The molecule has 2 aromatic carbocycles. The molecule has 0 aromatic heterocycles. The van der Waals surface area contributed by atoms with Crippen molar-refractivity contribution >= 4 is 11.8 Å². The Hall–Kier alpha value is -2.39. The van der Waals surface area contributed by atoms with Crippen LogP contribution in [0.5, 0.6) is 0 Å². The highest BCUT2D eigenvalue weighted by atomic mass is 16.6. The molecule has 0 N–H and O–H groups in total. The topological polar surface area (TPSA) is 30.8 Å². The molecule has 3 rings (SSSR count). The van der Waals surface area contributed by atoms with Crippen molar-refractivity contribution in [3.05, 3.63) is 65.2 Å². The third-order valence-electron chi connectivity index (χ3n) is 4.71. The molecular formula is C26H33NO2. The quantitative estimate of drug-likeness (QED) is 0.311. The summed E-state index contributed by atoms with van der Waals surface area (Å²) in [4.78, 5) is 5.78. The largest absolute Gasteiger partial charge is 0.390 e. The van der Waals surface area contributed by atoms with Gasteiger partial charge in [0, 0.05) is 17.7 Å². The summed E-state index contributed by atoms with van der Waals surface area (Å²) < 4.78 is 5.60. The predicted octanol–water partition coefficient (Wildman–Crippen LogP) is 6.84. The van der Waals surface area contributed by atoms with Crippen molar-refractivity contribution < 1.29 is 9.57 Å². The third kappa shape index (κ3) is 5.80. The maximum atomic E-state index is 5.78. The molecule has 1 aliphatic rings. The van der Waals surface area contributed by atoms with Crippen LogP contribution >= 0.6 is 0 Å². The zero-order valence-electron chi connectivity index (χ0n) is 18.4. The van der Waals surface area contributed by atoms with Crippen LogP contribution in [0.2, 0.25) is 0 Å². The van der Waals surface area contributed by atoms with Gasteiger partial charge < -0.3 is 9.57 Å². The summed E-state index contributed by atoms with van der Waals surface area (Å²) in [7, 11) is 0. The molecule has 2 aromatic rings. The summed E-state index contributed by atoms with van der Waals surface area (Å²) in [5.41, 5.74) is 6.52. The van der Waals surface area contributed by atoms with Crippen molar-refractivity contribution in [2.75, 3.05) is 6.61 Å². The molecule has 0 saturated heterocycles. The summed E-state index contributed by atoms with van der Waals surface area (Å²) in [6.07, 6.45) is 8.08. The number of benzene rings is 2. The first-order valence-electron chi connectivity index (χ1n) is 10.6. The number of allylic oxidation sites excluding steroid dienone is 1. The minimum Gasteiger partial charge on any atom is -0.390 e. The highest BCUT2D eigenvalue weighted by Crippen LogP contribution is 2.37. The van der Waals surface area contributed by atoms with E-state index in [1.54, 1.807) is 0 Å². The smallest absolute Gasteiger partial charge is 0.129 e. The first-order chi connectivity index (χ1) is 13.8. The number of nitrogens with zero attached hydrogens (tertiary/aromatic N) is 1. The van der Waals surface area contributed by atoms with Gasteiger partial charge >= 0.3 is 0 Å². The van der Waals surface area contributed by atoms with Crippen molar-refractivity contribution in [3.8, 4) is 11.1 Å². The number of ether oxygens (including phenoxy) is 1. The maximum Gasteiger partial charge on any atom is 0.129 e. The Morgan fingerprint density at radius 1 is 0.931 bits per heavy atom. The van der Waals surface area contributed by atoms with Crippen LogP contribution in [-0.4, -0.2) is 24.0 Å². The van der Waals surface area contributed by atoms with Gasteiger partial charge in [0.05, 0.1) is 6.10 Å². The summed E-state index contributed by atoms with van der Waals surface area (Å²) in [6.45, 7) is 11.1. The van der Waals surface area contributed by atoms with Crippen molar-refractivity contribution in [1.82, 2.24) is 0 Å². The summed E-state index contributed by atoms with van der Waals surface area (Å²) in [5.74, 6) is 0. The maximum absolute atomic E-state index is 5.78. The Balaban J connectivity index is 1.74. The number of hydrogen-bond acceptors (Lipinski definition) is 3. The lowest BCUT2D eigenvalue weighted by Crippen LogP contribution is -2.17. The molecular weight excluding hydrogens is 358 g/mol. The molecule has 154 valence electrons. The van der Waals surface area contributed by atoms with Crippen molar-refractivity contribution in [3.63, 3.8) is 0 Å². The summed E-state index contributed by atoms with van der Waals surface area (Å²) in [6, 6.07) is 15.0. The Kier molecular flexibility index (Phi) is 6.92. The number of hydrogen-bond donors (Lipinski definition) is 0. The standard InChI is InChI=1S/C26H33NO2/c1-19(2)28-17-11-7-6-8-12-20-15-16-22-21-13-9-10-14-23(21)25(24(22)18-20)27-29-26(3,4)5/h8-10,12-16,18-19H,6-7,11,17H2,1-5H3. The van der Waals surface area contributed by atoms with Crippen molar-refractivity contribution in [2.45, 2.75) is 65.6 Å². The van der Waals surface area contributed by atoms with Crippen LogP contribution in [0.15, 0.2) is 53.7 Å². The molecule has 0 spiro atoms. The van der Waals surface area contributed by atoms with Crippen LogP contribution in [0.1, 0.15) is 70.6 Å². The predicted molar refractivity (Wildman–Crippen MR) is 122 cm³/mol. The zero-order valence-corrected chi connectivity index (χ0v) is 18.4. The Labute approximate surface area is 175 Å². The van der Waals surface area contributed by atoms with Crippen LogP contribution < -0.4 is 0 Å². The van der Waals surface area contributed by atoms with Gasteiger partial charge in [-0.15, -0.1) is 0 Å². The molecule has 0 aliphatic heterocycles. The van der Waals surface area contributed by atoms with E-state index in [2.05, 4.69) is 73.6 Å². The SMILES string of the molecule is CC(C)OCCCCC=Cc1ccc2c(c1)C(=NOC(C)(C)C)c1ccccc1-2. The van der Waals surface area contributed by atoms with Gasteiger partial charge in [0.1, 0.15) is 11.3 Å². The first kappa shape index (κ1) is 21.3. The average molecular weight is 392 g/mol. The monoisotopic (exact) mass is 391 g/mol. The number of rotatable bonds is 8. The van der Waals surface area contributed by atoms with Crippen LogP contribution in [0.4, 0.5) is 0 Å². The number of fused-ring (bicyclic) bond motifs is 3. The fourth-order valence-corrected chi connectivity index (χ4v) is 3.35. The first-order valence-corrected chi connectivity index (χ1v) is 10.6. The van der Waals surface area contributed by atoms with Gasteiger partial charge in [-0.1, -0.05) is 53.7 Å². The van der Waals surface area contributed by atoms with E-state index in [-0.39, 0.29) is 5.60 Å². The minimum absolute atomic E-state index is 0.318. The molecule has 0 atom stereocenters. The number of oxime groups is 1. The molecule has 0 heterocycles. The average Bonchev–Trinajstić information content (AvgIpc) is 2.98. The van der Waals surface area contributed by atoms with Gasteiger partial charge in [-0.2, -0.15) is 0 Å². The zero-order chi connectivity index (χ0) is 20.9. The lowest BCUT2D eigenvalue weighted by atomic mass is 10.0. The second kappa shape index (κ2) is 9.41. The van der Waals surface area contributed by atoms with E-state index in [0.717, 1.165) is 42.7 Å². The van der Waals surface area contributed by atoms with Crippen LogP contribution in [-0.2, 0) is 9.57 Å². The highest BCUT2D eigenvalue weighted by molar-refractivity contribution is 6.24. The third-order valence-corrected chi connectivity index (χ3v) is 4.71. The van der Waals surface area contributed by atoms with E-state index < -0.39 is 0 Å². The number of unbranched alkanes of at least 4 members (excludes halogenated alkanes) is 2. The van der Waals surface area contributed by atoms with E-state index in [9.17, 15) is 0 Å². The normalized spacial score (nSPS) is 14.6. The Bertz CT molecular complexity index is 888. The highest BCUT2D eigenvalue weighted by Gasteiger charge is 2.26. The molecule has 0 saturated carbocycles. The van der Waals surface area contributed by atoms with Crippen LogP contribution in [0, 0.1) is 0 Å². The van der Waals surface area contributed by atoms with Gasteiger partial charge in [0.15, 0.2) is 0 Å². The fourth-order valence-electron chi connectivity index (χ4n) is 3.35. The van der Waals surface area contributed by atoms with Crippen molar-refractivity contribution in [1.29, 1.82) is 0 Å². The lowest BCUT2D eigenvalue weighted by molar-refractivity contribution is 0.00121. The molecule has 3 heteroatoms. The minimum atomic E-state index is -0.318. The Morgan fingerprint density at radius 2 is 1.66 bits per heavy atom. The Morgan fingerprint density at radius 3 is 2.38 bits per heavy atom. The van der Waals surface area contributed by atoms with E-state index in [0.29, 0.717) is 6.10 Å². The van der Waals surface area contributed by atoms with Crippen LogP contribution in [0.3, 0.4) is 0 Å². The molecule has 29 heavy (non-hydrogen) atoms. The van der Waals surface area contributed by atoms with E-state index >= 15 is 0 Å². The summed E-state index contributed by atoms with van der Waals surface area (Å²) in [5, 5.41) is 4.54. The molecule has 0 unspecified atom stereocenters. The van der Waals surface area contributed by atoms with Gasteiger partial charge in [-0.25, -0.2) is 0 Å². The lowest BCUT2D eigenvalue weighted by Gasteiger charge is -2.16. The molecule has 0 radical (unpaired) electrons. The van der Waals surface area contributed by atoms with Crippen molar-refractivity contribution in [2.24, 2.45) is 5.16 Å². The van der Waals surface area contributed by atoms with Gasteiger partial charge in [0.25, 0.3) is 0 Å². The van der Waals surface area contributed by atoms with Gasteiger partial charge in [-0.05, 0) is 76.6 Å². The molecule has 3 nitrogen and oxygen atoms in total. The molecule has 0 amide bonds. The van der Waals surface area contributed by atoms with Crippen LogP contribution in [0.25, 0.3) is 17.2 Å². The summed E-state index contributed by atoms with van der Waals surface area (Å²) >= 11 is 0.